The summed E-state index contributed by atoms with van der Waals surface area (Å²) in [5, 5.41) is 2.62. The number of hydrogen-bond acceptors (Lipinski definition) is 6. The number of nitrogens with one attached hydrogen (secondary N) is 2. The third kappa shape index (κ3) is 6.66. The van der Waals surface area contributed by atoms with Crippen LogP contribution in [0.2, 0.25) is 0 Å². The van der Waals surface area contributed by atoms with Gasteiger partial charge in [0, 0.05) is 24.0 Å². The van der Waals surface area contributed by atoms with Crippen molar-refractivity contribution < 1.29 is 19.1 Å². The predicted octanol–water partition coefficient (Wildman–Crippen LogP) is 1.10. The van der Waals surface area contributed by atoms with Gasteiger partial charge in [-0.15, -0.1) is 0 Å². The minimum absolute atomic E-state index is 0.0609. The first kappa shape index (κ1) is 23.6. The van der Waals surface area contributed by atoms with Gasteiger partial charge in [-0.05, 0) is 39.3 Å². The van der Waals surface area contributed by atoms with Crippen molar-refractivity contribution >= 4 is 24.0 Å². The Kier molecular flexibility index (Phi) is 7.51. The van der Waals surface area contributed by atoms with Crippen molar-refractivity contribution in [2.24, 2.45) is 0 Å². The second kappa shape index (κ2) is 9.88. The zero-order chi connectivity index (χ0) is 23.2. The van der Waals surface area contributed by atoms with Crippen LogP contribution in [-0.2, 0) is 27.4 Å². The number of carbonyl (C=O) groups is 3. The number of benzene rings is 1. The maximum absolute atomic E-state index is 12.9. The number of nitrogens with zero attached hydrogens (tertiary/aromatic N) is 2. The van der Waals surface area contributed by atoms with Crippen LogP contribution in [0.1, 0.15) is 31.9 Å². The highest BCUT2D eigenvalue weighted by Gasteiger charge is 2.21. The van der Waals surface area contributed by atoms with E-state index in [1.165, 1.54) is 18.0 Å². The summed E-state index contributed by atoms with van der Waals surface area (Å²) < 4.78 is 6.28. The van der Waals surface area contributed by atoms with Gasteiger partial charge >= 0.3 is 11.8 Å². The van der Waals surface area contributed by atoms with Crippen LogP contribution in [0.5, 0.6) is 0 Å². The first-order valence-corrected chi connectivity index (χ1v) is 9.61. The summed E-state index contributed by atoms with van der Waals surface area (Å²) >= 11 is 0. The fraction of sp³-hybridized carbons (Fsp3) is 0.381. The number of aromatic nitrogens is 2. The Bertz CT molecular complexity index is 1080. The van der Waals surface area contributed by atoms with Gasteiger partial charge in [0.2, 0.25) is 5.91 Å². The fourth-order valence-electron chi connectivity index (χ4n) is 2.78. The summed E-state index contributed by atoms with van der Waals surface area (Å²) in [7, 11) is 0. The second-order valence-electron chi connectivity index (χ2n) is 7.85. The van der Waals surface area contributed by atoms with Crippen molar-refractivity contribution in [1.29, 1.82) is 0 Å². The molecule has 0 bridgehead atoms. The lowest BCUT2D eigenvalue weighted by Gasteiger charge is -2.24. The number of anilines is 1. The number of hydrogen-bond donors (Lipinski definition) is 2. The summed E-state index contributed by atoms with van der Waals surface area (Å²) in [6.45, 7) is 6.17. The van der Waals surface area contributed by atoms with Crippen LogP contribution in [0.4, 0.5) is 10.5 Å². The minimum atomic E-state index is -0.727. The summed E-state index contributed by atoms with van der Waals surface area (Å²) in [4.78, 5) is 63.0. The summed E-state index contributed by atoms with van der Waals surface area (Å²) in [6.07, 6.45) is 1.23. The van der Waals surface area contributed by atoms with Crippen molar-refractivity contribution in [2.75, 3.05) is 11.4 Å². The largest absolute Gasteiger partial charge is 0.444 e. The van der Waals surface area contributed by atoms with Crippen LogP contribution in [0, 0.1) is 6.92 Å². The van der Waals surface area contributed by atoms with Crippen molar-refractivity contribution in [3.63, 3.8) is 0 Å². The number of aryl methyl sites for hydroxylation is 1. The second-order valence-corrected chi connectivity index (χ2v) is 7.85. The van der Waals surface area contributed by atoms with E-state index in [0.717, 1.165) is 4.57 Å². The van der Waals surface area contributed by atoms with Gasteiger partial charge in [0.1, 0.15) is 18.4 Å². The fourth-order valence-corrected chi connectivity index (χ4v) is 2.78. The molecule has 0 saturated carbocycles. The first-order valence-electron chi connectivity index (χ1n) is 9.61. The van der Waals surface area contributed by atoms with Crippen molar-refractivity contribution in [2.45, 2.75) is 46.4 Å². The average molecular weight is 430 g/mol. The Morgan fingerprint density at radius 3 is 2.55 bits per heavy atom. The molecule has 2 rings (SSSR count). The predicted molar refractivity (Wildman–Crippen MR) is 114 cm³/mol. The lowest BCUT2D eigenvalue weighted by Crippen LogP contribution is -2.40. The summed E-state index contributed by atoms with van der Waals surface area (Å²) in [5.41, 5.74) is -0.660. The van der Waals surface area contributed by atoms with E-state index in [-0.39, 0.29) is 25.2 Å². The molecule has 1 aromatic carbocycles. The molecule has 2 aromatic rings. The van der Waals surface area contributed by atoms with Crippen LogP contribution in [0.3, 0.4) is 0 Å². The zero-order valence-electron chi connectivity index (χ0n) is 17.9. The van der Waals surface area contributed by atoms with E-state index in [0.29, 0.717) is 17.5 Å². The van der Waals surface area contributed by atoms with E-state index in [1.807, 2.05) is 0 Å². The molecule has 0 aliphatic heterocycles. The molecule has 1 aromatic heterocycles. The van der Waals surface area contributed by atoms with E-state index >= 15 is 0 Å². The standard InChI is InChI=1S/C21H26N4O6/c1-14-12-24(19(29)23-18(14)28)13-17(27)25(9-10-26)16-8-6-5-7-15(16)11-22-20(30)31-21(2,3)4/h5-8,10,12H,9,11,13H2,1-4H3,(H,22,30)(H,23,28,29). The SMILES string of the molecule is Cc1cn(CC(=O)N(CC=O)c2ccccc2CNC(=O)OC(C)(C)C)c(=O)[nH]c1=O. The number of amides is 2. The normalized spacial score (nSPS) is 11.0. The van der Waals surface area contributed by atoms with Crippen LogP contribution < -0.4 is 21.5 Å². The number of rotatable bonds is 7. The number of alkyl carbamates (subject to hydrolysis) is 1. The quantitative estimate of drug-likeness (QED) is 0.633. The van der Waals surface area contributed by atoms with Crippen LogP contribution in [-0.4, -0.2) is 40.0 Å². The number of aldehydes is 1. The van der Waals surface area contributed by atoms with Crippen LogP contribution in [0.25, 0.3) is 0 Å². The van der Waals surface area contributed by atoms with Crippen LogP contribution >= 0.6 is 0 Å². The molecule has 0 atom stereocenters. The molecule has 0 unspecified atom stereocenters. The lowest BCUT2D eigenvalue weighted by atomic mass is 10.1. The molecule has 0 saturated heterocycles. The molecule has 0 aliphatic rings. The summed E-state index contributed by atoms with van der Waals surface area (Å²) in [5.74, 6) is -0.537. The molecule has 2 amide bonds. The number of aromatic amines is 1. The highest BCUT2D eigenvalue weighted by molar-refractivity contribution is 5.96. The molecule has 0 aliphatic carbocycles. The van der Waals surface area contributed by atoms with Gasteiger partial charge < -0.3 is 19.7 Å². The Balaban J connectivity index is 2.26. The van der Waals surface area contributed by atoms with Gasteiger partial charge in [0.15, 0.2) is 0 Å². The molecule has 0 radical (unpaired) electrons. The van der Waals surface area contributed by atoms with Crippen LogP contribution in [0.15, 0.2) is 40.1 Å². The molecule has 10 heteroatoms. The van der Waals surface area contributed by atoms with Gasteiger partial charge in [-0.25, -0.2) is 9.59 Å². The van der Waals surface area contributed by atoms with Crippen molar-refractivity contribution in [3.8, 4) is 0 Å². The van der Waals surface area contributed by atoms with E-state index in [1.54, 1.807) is 45.0 Å². The molecule has 10 nitrogen and oxygen atoms in total. The molecule has 0 fully saturated rings. The van der Waals surface area contributed by atoms with Gasteiger partial charge in [-0.1, -0.05) is 18.2 Å². The highest BCUT2D eigenvalue weighted by Crippen LogP contribution is 2.21. The van der Waals surface area contributed by atoms with Gasteiger partial charge in [-0.2, -0.15) is 0 Å². The number of ether oxygens (including phenoxy) is 1. The third-order valence-corrected chi connectivity index (χ3v) is 4.16. The van der Waals surface area contributed by atoms with E-state index in [4.69, 9.17) is 4.74 Å². The summed E-state index contributed by atoms with van der Waals surface area (Å²) in [6, 6.07) is 6.76. The monoisotopic (exact) mass is 430 g/mol. The van der Waals surface area contributed by atoms with Crippen molar-refractivity contribution in [3.05, 3.63) is 62.4 Å². The Morgan fingerprint density at radius 1 is 1.23 bits per heavy atom. The third-order valence-electron chi connectivity index (χ3n) is 4.16. The van der Waals surface area contributed by atoms with Gasteiger partial charge in [-0.3, -0.25) is 19.1 Å². The Hall–Kier alpha value is -3.69. The molecule has 2 N–H and O–H groups in total. The minimum Gasteiger partial charge on any atom is -0.444 e. The number of para-hydroxylation sites is 1. The van der Waals surface area contributed by atoms with Crippen molar-refractivity contribution in [1.82, 2.24) is 14.9 Å². The highest BCUT2D eigenvalue weighted by atomic mass is 16.6. The topological polar surface area (TPSA) is 131 Å². The molecule has 166 valence electrons. The molecule has 31 heavy (non-hydrogen) atoms. The number of carbonyl (C=O) groups excluding carboxylic acids is 3. The van der Waals surface area contributed by atoms with E-state index in [2.05, 4.69) is 10.3 Å². The average Bonchev–Trinajstić information content (AvgIpc) is 2.67. The molecule has 1 heterocycles. The Morgan fingerprint density at radius 2 is 1.90 bits per heavy atom. The smallest absolute Gasteiger partial charge is 0.407 e. The molecular weight excluding hydrogens is 404 g/mol. The lowest BCUT2D eigenvalue weighted by molar-refractivity contribution is -0.120. The first-order chi connectivity index (χ1) is 14.5. The van der Waals surface area contributed by atoms with E-state index < -0.39 is 28.9 Å². The number of H-pyrrole nitrogens is 1. The molecule has 0 spiro atoms. The van der Waals surface area contributed by atoms with Gasteiger partial charge in [0.25, 0.3) is 5.56 Å². The van der Waals surface area contributed by atoms with Gasteiger partial charge in [0.05, 0.1) is 6.54 Å². The Labute approximate surface area is 178 Å². The maximum Gasteiger partial charge on any atom is 0.407 e. The maximum atomic E-state index is 12.9. The molecular formula is C21H26N4O6. The van der Waals surface area contributed by atoms with E-state index in [9.17, 15) is 24.0 Å². The zero-order valence-corrected chi connectivity index (χ0v) is 17.9.